The van der Waals surface area contributed by atoms with Crippen LogP contribution in [0, 0.1) is 17.1 Å². The Labute approximate surface area is 133 Å². The summed E-state index contributed by atoms with van der Waals surface area (Å²) in [5.41, 5.74) is 2.25. The van der Waals surface area contributed by atoms with E-state index in [0.717, 1.165) is 15.7 Å². The van der Waals surface area contributed by atoms with Gasteiger partial charge in [-0.05, 0) is 58.7 Å². The molecule has 0 saturated carbocycles. The van der Waals surface area contributed by atoms with Crippen LogP contribution in [0.1, 0.15) is 24.1 Å². The Bertz CT molecular complexity index is 680. The molecule has 0 aliphatic carbocycles. The quantitative estimate of drug-likeness (QED) is 0.752. The van der Waals surface area contributed by atoms with Crippen molar-refractivity contribution in [2.75, 3.05) is 5.32 Å². The van der Waals surface area contributed by atoms with E-state index in [4.69, 9.17) is 5.26 Å². The summed E-state index contributed by atoms with van der Waals surface area (Å²) in [6.07, 6.45) is 0. The van der Waals surface area contributed by atoms with E-state index in [1.807, 2.05) is 19.1 Å². The first-order valence-corrected chi connectivity index (χ1v) is 7.51. The maximum atomic E-state index is 13.2. The number of halogens is 3. The van der Waals surface area contributed by atoms with Crippen LogP contribution in [0.25, 0.3) is 0 Å². The van der Waals surface area contributed by atoms with Crippen LogP contribution in [0.5, 0.6) is 0 Å². The number of rotatable bonds is 3. The molecule has 0 heterocycles. The van der Waals surface area contributed by atoms with E-state index < -0.39 is 0 Å². The Kier molecular flexibility index (Phi) is 4.79. The summed E-state index contributed by atoms with van der Waals surface area (Å²) in [7, 11) is 0. The zero-order valence-corrected chi connectivity index (χ0v) is 13.8. The number of hydrogen-bond donors (Lipinski definition) is 1. The summed E-state index contributed by atoms with van der Waals surface area (Å²) in [6, 6.07) is 12.4. The van der Waals surface area contributed by atoms with Gasteiger partial charge in [0, 0.05) is 10.5 Å². The SMILES string of the molecule is CC(Nc1cc(Br)ccc1C#N)c1ccc(F)c(Br)c1. The number of hydrogen-bond acceptors (Lipinski definition) is 2. The van der Waals surface area contributed by atoms with Crippen molar-refractivity contribution in [3.63, 3.8) is 0 Å². The lowest BCUT2D eigenvalue weighted by Gasteiger charge is -2.17. The van der Waals surface area contributed by atoms with Crippen molar-refractivity contribution in [2.24, 2.45) is 0 Å². The maximum Gasteiger partial charge on any atom is 0.137 e. The van der Waals surface area contributed by atoms with Crippen molar-refractivity contribution in [3.8, 4) is 6.07 Å². The van der Waals surface area contributed by atoms with Gasteiger partial charge in [-0.25, -0.2) is 4.39 Å². The van der Waals surface area contributed by atoms with Crippen molar-refractivity contribution >= 4 is 37.5 Å². The normalized spacial score (nSPS) is 11.8. The van der Waals surface area contributed by atoms with Crippen molar-refractivity contribution in [1.82, 2.24) is 0 Å². The summed E-state index contributed by atoms with van der Waals surface area (Å²) in [5.74, 6) is -0.291. The van der Waals surface area contributed by atoms with Crippen molar-refractivity contribution in [1.29, 1.82) is 5.26 Å². The smallest absolute Gasteiger partial charge is 0.137 e. The molecule has 0 aliphatic rings. The average molecular weight is 398 g/mol. The monoisotopic (exact) mass is 396 g/mol. The molecular formula is C15H11Br2FN2. The van der Waals surface area contributed by atoms with Crippen LogP contribution in [0.2, 0.25) is 0 Å². The fourth-order valence-electron chi connectivity index (χ4n) is 1.83. The minimum atomic E-state index is -0.291. The van der Waals surface area contributed by atoms with Crippen molar-refractivity contribution < 1.29 is 4.39 Å². The number of benzene rings is 2. The lowest BCUT2D eigenvalue weighted by Crippen LogP contribution is -2.08. The van der Waals surface area contributed by atoms with Gasteiger partial charge in [0.2, 0.25) is 0 Å². The van der Waals surface area contributed by atoms with Crippen LogP contribution in [-0.4, -0.2) is 0 Å². The molecule has 0 radical (unpaired) electrons. The summed E-state index contributed by atoms with van der Waals surface area (Å²) >= 11 is 6.56. The Hall–Kier alpha value is -1.38. The van der Waals surface area contributed by atoms with Gasteiger partial charge in [-0.1, -0.05) is 22.0 Å². The molecule has 1 N–H and O–H groups in total. The molecule has 2 aromatic rings. The van der Waals surface area contributed by atoms with Crippen LogP contribution < -0.4 is 5.32 Å². The van der Waals surface area contributed by atoms with Crippen molar-refractivity contribution in [3.05, 3.63) is 62.3 Å². The summed E-state index contributed by atoms with van der Waals surface area (Å²) in [5, 5.41) is 12.4. The number of nitrogens with one attached hydrogen (secondary N) is 1. The second-order valence-corrected chi connectivity index (χ2v) is 6.11. The van der Waals surface area contributed by atoms with Gasteiger partial charge in [0.25, 0.3) is 0 Å². The van der Waals surface area contributed by atoms with Crippen molar-refractivity contribution in [2.45, 2.75) is 13.0 Å². The fraction of sp³-hybridized carbons (Fsp3) is 0.133. The molecule has 0 aliphatic heterocycles. The molecule has 5 heteroatoms. The molecule has 2 rings (SSSR count). The van der Waals surface area contributed by atoms with E-state index in [9.17, 15) is 4.39 Å². The highest BCUT2D eigenvalue weighted by Gasteiger charge is 2.10. The van der Waals surface area contributed by atoms with Crippen LogP contribution in [0.15, 0.2) is 45.3 Å². The second-order valence-electron chi connectivity index (χ2n) is 4.34. The Morgan fingerprint density at radius 1 is 1.20 bits per heavy atom. The largest absolute Gasteiger partial charge is 0.377 e. The standard InChI is InChI=1S/C15H11Br2FN2/c1-9(10-3-5-14(18)13(17)6-10)20-15-7-12(16)4-2-11(15)8-19/h2-7,9,20H,1H3. The molecule has 1 atom stereocenters. The molecule has 2 nitrogen and oxygen atoms in total. The van der Waals surface area contributed by atoms with Crippen LogP contribution in [0.3, 0.4) is 0 Å². The van der Waals surface area contributed by atoms with Gasteiger partial charge in [0.15, 0.2) is 0 Å². The first kappa shape index (κ1) is 15.0. The summed E-state index contributed by atoms with van der Waals surface area (Å²) < 4.78 is 14.6. The molecule has 0 bridgehead atoms. The van der Waals surface area contributed by atoms with E-state index in [2.05, 4.69) is 43.2 Å². The minimum Gasteiger partial charge on any atom is -0.377 e. The molecule has 0 fully saturated rings. The van der Waals surface area contributed by atoms with Crippen LogP contribution >= 0.6 is 31.9 Å². The Balaban J connectivity index is 2.27. The Morgan fingerprint density at radius 2 is 1.95 bits per heavy atom. The predicted octanol–water partition coefficient (Wildman–Crippen LogP) is 5.40. The van der Waals surface area contributed by atoms with E-state index in [0.29, 0.717) is 10.0 Å². The van der Waals surface area contributed by atoms with Gasteiger partial charge in [-0.2, -0.15) is 5.26 Å². The molecule has 0 spiro atoms. The third-order valence-corrected chi connectivity index (χ3v) is 4.02. The highest BCUT2D eigenvalue weighted by atomic mass is 79.9. The molecule has 0 saturated heterocycles. The Morgan fingerprint density at radius 3 is 2.60 bits per heavy atom. The summed E-state index contributed by atoms with van der Waals surface area (Å²) in [4.78, 5) is 0. The third kappa shape index (κ3) is 3.38. The molecule has 1 unspecified atom stereocenters. The average Bonchev–Trinajstić information content (AvgIpc) is 2.42. The van der Waals surface area contributed by atoms with E-state index in [1.54, 1.807) is 18.2 Å². The minimum absolute atomic E-state index is 0.0479. The molecule has 0 aromatic heterocycles. The van der Waals surface area contributed by atoms with Gasteiger partial charge < -0.3 is 5.32 Å². The number of nitrogens with zero attached hydrogens (tertiary/aromatic N) is 1. The molecule has 0 amide bonds. The second kappa shape index (κ2) is 6.38. The van der Waals surface area contributed by atoms with Gasteiger partial charge >= 0.3 is 0 Å². The topological polar surface area (TPSA) is 35.8 Å². The van der Waals surface area contributed by atoms with Gasteiger partial charge in [-0.3, -0.25) is 0 Å². The lowest BCUT2D eigenvalue weighted by molar-refractivity contribution is 0.619. The third-order valence-electron chi connectivity index (χ3n) is 2.92. The maximum absolute atomic E-state index is 13.2. The zero-order chi connectivity index (χ0) is 14.7. The molecule has 2 aromatic carbocycles. The number of anilines is 1. The summed E-state index contributed by atoms with van der Waals surface area (Å²) in [6.45, 7) is 1.96. The molecule has 20 heavy (non-hydrogen) atoms. The highest BCUT2D eigenvalue weighted by Crippen LogP contribution is 2.27. The van der Waals surface area contributed by atoms with Crippen LogP contribution in [0.4, 0.5) is 10.1 Å². The van der Waals surface area contributed by atoms with E-state index >= 15 is 0 Å². The first-order valence-electron chi connectivity index (χ1n) is 5.92. The first-order chi connectivity index (χ1) is 9.51. The fourth-order valence-corrected chi connectivity index (χ4v) is 2.59. The van der Waals surface area contributed by atoms with E-state index in [-0.39, 0.29) is 11.9 Å². The highest BCUT2D eigenvalue weighted by molar-refractivity contribution is 9.10. The zero-order valence-electron chi connectivity index (χ0n) is 10.6. The van der Waals surface area contributed by atoms with Gasteiger partial charge in [0.05, 0.1) is 15.7 Å². The predicted molar refractivity (Wildman–Crippen MR) is 85.0 cm³/mol. The number of nitriles is 1. The molecular weight excluding hydrogens is 387 g/mol. The lowest BCUT2D eigenvalue weighted by atomic mass is 10.1. The van der Waals surface area contributed by atoms with Gasteiger partial charge in [0.1, 0.15) is 11.9 Å². The molecule has 102 valence electrons. The van der Waals surface area contributed by atoms with Crippen LogP contribution in [-0.2, 0) is 0 Å². The van der Waals surface area contributed by atoms with Gasteiger partial charge in [-0.15, -0.1) is 0 Å². The van der Waals surface area contributed by atoms with E-state index in [1.165, 1.54) is 6.07 Å².